The Morgan fingerprint density at radius 1 is 1.42 bits per heavy atom. The van der Waals surface area contributed by atoms with Gasteiger partial charge in [-0.2, -0.15) is 0 Å². The molecule has 0 fully saturated rings. The molecule has 19 heavy (non-hydrogen) atoms. The summed E-state index contributed by atoms with van der Waals surface area (Å²) in [4.78, 5) is 2.30. The van der Waals surface area contributed by atoms with Gasteiger partial charge in [0.2, 0.25) is 0 Å². The molecule has 2 rings (SSSR count). The van der Waals surface area contributed by atoms with Crippen LogP contribution in [0.3, 0.4) is 0 Å². The summed E-state index contributed by atoms with van der Waals surface area (Å²) in [5.41, 5.74) is 2.29. The fourth-order valence-electron chi connectivity index (χ4n) is 2.07. The highest BCUT2D eigenvalue weighted by molar-refractivity contribution is 6.32. The molecule has 0 aromatic heterocycles. The number of rotatable bonds is 5. The molecule has 0 aliphatic carbocycles. The van der Waals surface area contributed by atoms with Crippen LogP contribution in [-0.2, 0) is 0 Å². The Bertz CT molecular complexity index is 474. The van der Waals surface area contributed by atoms with Crippen molar-refractivity contribution >= 4 is 17.3 Å². The summed E-state index contributed by atoms with van der Waals surface area (Å²) in [5.74, 6) is 0.705. The van der Waals surface area contributed by atoms with Crippen LogP contribution in [0.5, 0.6) is 5.75 Å². The number of hydrogen-bond donors (Lipinski definition) is 2. The number of methoxy groups -OCH3 is 1. The standard InChI is InChI=1S/C14H20ClN3O/c1-10(2)18(8-11-7-16-9-17-11)12-4-5-13(15)14(6-12)19-3/h4-7,10,16-17H,8-9H2,1-3H3. The first kappa shape index (κ1) is 13.9. The molecule has 0 spiro atoms. The Hall–Kier alpha value is -1.55. The molecule has 0 saturated carbocycles. The molecule has 2 N–H and O–H groups in total. The summed E-state index contributed by atoms with van der Waals surface area (Å²) < 4.78 is 5.28. The van der Waals surface area contributed by atoms with E-state index in [0.717, 1.165) is 18.9 Å². The van der Waals surface area contributed by atoms with Gasteiger partial charge < -0.3 is 20.3 Å². The zero-order valence-corrected chi connectivity index (χ0v) is 12.3. The number of anilines is 1. The third-order valence-corrected chi connectivity index (χ3v) is 3.44. The number of benzene rings is 1. The Morgan fingerprint density at radius 2 is 2.21 bits per heavy atom. The van der Waals surface area contributed by atoms with E-state index in [-0.39, 0.29) is 0 Å². The molecule has 0 atom stereocenters. The van der Waals surface area contributed by atoms with Crippen LogP contribution >= 0.6 is 11.6 Å². The second-order valence-electron chi connectivity index (χ2n) is 4.77. The van der Waals surface area contributed by atoms with E-state index in [1.807, 2.05) is 24.4 Å². The summed E-state index contributed by atoms with van der Waals surface area (Å²) in [7, 11) is 1.63. The highest BCUT2D eigenvalue weighted by Crippen LogP contribution is 2.30. The summed E-state index contributed by atoms with van der Waals surface area (Å²) in [6.45, 7) is 5.97. The Kier molecular flexibility index (Phi) is 4.43. The van der Waals surface area contributed by atoms with Gasteiger partial charge in [0, 0.05) is 29.7 Å². The van der Waals surface area contributed by atoms with E-state index < -0.39 is 0 Å². The monoisotopic (exact) mass is 281 g/mol. The summed E-state index contributed by atoms with van der Waals surface area (Å²) in [6.07, 6.45) is 2.02. The molecule has 5 heteroatoms. The van der Waals surface area contributed by atoms with Crippen LogP contribution in [0.25, 0.3) is 0 Å². The molecule has 1 aliphatic heterocycles. The number of hydrogen-bond acceptors (Lipinski definition) is 4. The molecule has 0 bridgehead atoms. The van der Waals surface area contributed by atoms with E-state index >= 15 is 0 Å². The van der Waals surface area contributed by atoms with Crippen molar-refractivity contribution in [3.63, 3.8) is 0 Å². The maximum absolute atomic E-state index is 6.07. The van der Waals surface area contributed by atoms with Crippen LogP contribution in [0, 0.1) is 0 Å². The topological polar surface area (TPSA) is 36.5 Å². The first-order chi connectivity index (χ1) is 9.11. The van der Waals surface area contributed by atoms with E-state index in [1.54, 1.807) is 7.11 Å². The predicted octanol–water partition coefficient (Wildman–Crippen LogP) is 2.56. The zero-order valence-electron chi connectivity index (χ0n) is 11.5. The van der Waals surface area contributed by atoms with Crippen molar-refractivity contribution < 1.29 is 4.74 Å². The minimum Gasteiger partial charge on any atom is -0.495 e. The molecule has 104 valence electrons. The van der Waals surface area contributed by atoms with Gasteiger partial charge in [-0.1, -0.05) is 11.6 Å². The maximum atomic E-state index is 6.07. The van der Waals surface area contributed by atoms with Gasteiger partial charge in [-0.05, 0) is 26.0 Å². The smallest absolute Gasteiger partial charge is 0.139 e. The largest absolute Gasteiger partial charge is 0.495 e. The molecule has 0 amide bonds. The van der Waals surface area contributed by atoms with Crippen LogP contribution in [0.15, 0.2) is 30.1 Å². The van der Waals surface area contributed by atoms with Crippen LogP contribution in [-0.4, -0.2) is 26.4 Å². The van der Waals surface area contributed by atoms with Gasteiger partial charge in [-0.3, -0.25) is 0 Å². The average Bonchev–Trinajstić information content (AvgIpc) is 2.89. The Morgan fingerprint density at radius 3 is 2.79 bits per heavy atom. The van der Waals surface area contributed by atoms with Gasteiger partial charge >= 0.3 is 0 Å². The number of nitrogens with one attached hydrogen (secondary N) is 2. The first-order valence-corrected chi connectivity index (χ1v) is 6.76. The van der Waals surface area contributed by atoms with Gasteiger partial charge in [-0.25, -0.2) is 0 Å². The number of ether oxygens (including phenoxy) is 1. The lowest BCUT2D eigenvalue weighted by atomic mass is 10.2. The van der Waals surface area contributed by atoms with Crippen LogP contribution in [0.1, 0.15) is 13.8 Å². The fourth-order valence-corrected chi connectivity index (χ4v) is 2.27. The van der Waals surface area contributed by atoms with E-state index in [2.05, 4.69) is 29.4 Å². The quantitative estimate of drug-likeness (QED) is 0.870. The lowest BCUT2D eigenvalue weighted by Gasteiger charge is -2.29. The molecule has 0 saturated heterocycles. The molecule has 1 aromatic rings. The molecular weight excluding hydrogens is 262 g/mol. The SMILES string of the molecule is COc1cc(N(CC2=CNCN2)C(C)C)ccc1Cl. The van der Waals surface area contributed by atoms with E-state index in [1.165, 1.54) is 5.70 Å². The highest BCUT2D eigenvalue weighted by atomic mass is 35.5. The molecule has 4 nitrogen and oxygen atoms in total. The van der Waals surface area contributed by atoms with Crippen LogP contribution in [0.4, 0.5) is 5.69 Å². The summed E-state index contributed by atoms with van der Waals surface area (Å²) >= 11 is 6.07. The molecule has 0 radical (unpaired) electrons. The maximum Gasteiger partial charge on any atom is 0.139 e. The van der Waals surface area contributed by atoms with Crippen molar-refractivity contribution in [1.82, 2.24) is 10.6 Å². The normalized spacial score (nSPS) is 13.8. The van der Waals surface area contributed by atoms with Crippen molar-refractivity contribution in [2.45, 2.75) is 19.9 Å². The van der Waals surface area contributed by atoms with Crippen LogP contribution in [0.2, 0.25) is 5.02 Å². The molecule has 1 aromatic carbocycles. The highest BCUT2D eigenvalue weighted by Gasteiger charge is 2.15. The summed E-state index contributed by atoms with van der Waals surface area (Å²) in [5, 5.41) is 7.09. The lowest BCUT2D eigenvalue weighted by Crippen LogP contribution is -2.35. The summed E-state index contributed by atoms with van der Waals surface area (Å²) in [6, 6.07) is 6.26. The zero-order chi connectivity index (χ0) is 13.8. The van der Waals surface area contributed by atoms with Gasteiger partial charge in [-0.15, -0.1) is 0 Å². The first-order valence-electron chi connectivity index (χ1n) is 6.38. The second-order valence-corrected chi connectivity index (χ2v) is 5.17. The van der Waals surface area contributed by atoms with Crippen molar-refractivity contribution in [2.75, 3.05) is 25.2 Å². The van der Waals surface area contributed by atoms with Crippen molar-refractivity contribution in [2.24, 2.45) is 0 Å². The lowest BCUT2D eigenvalue weighted by molar-refractivity contribution is 0.415. The van der Waals surface area contributed by atoms with Crippen molar-refractivity contribution in [3.05, 3.63) is 35.1 Å². The third kappa shape index (κ3) is 3.26. The van der Waals surface area contributed by atoms with E-state index in [0.29, 0.717) is 16.8 Å². The molecule has 0 unspecified atom stereocenters. The molecular formula is C14H20ClN3O. The van der Waals surface area contributed by atoms with Gasteiger partial charge in [0.1, 0.15) is 5.75 Å². The second kappa shape index (κ2) is 6.06. The van der Waals surface area contributed by atoms with Gasteiger partial charge in [0.25, 0.3) is 0 Å². The van der Waals surface area contributed by atoms with E-state index in [9.17, 15) is 0 Å². The van der Waals surface area contributed by atoms with Crippen LogP contribution < -0.4 is 20.3 Å². The third-order valence-electron chi connectivity index (χ3n) is 3.12. The molecule has 1 aliphatic rings. The van der Waals surface area contributed by atoms with E-state index in [4.69, 9.17) is 16.3 Å². The van der Waals surface area contributed by atoms with Gasteiger partial charge in [0.05, 0.1) is 25.3 Å². The Labute approximate surface area is 119 Å². The minimum absolute atomic E-state index is 0.384. The number of nitrogens with zero attached hydrogens (tertiary/aromatic N) is 1. The van der Waals surface area contributed by atoms with Crippen molar-refractivity contribution in [3.8, 4) is 5.75 Å². The fraction of sp³-hybridized carbons (Fsp3) is 0.429. The number of halogens is 1. The Balaban J connectivity index is 2.23. The molecule has 1 heterocycles. The van der Waals surface area contributed by atoms with Gasteiger partial charge in [0.15, 0.2) is 0 Å². The minimum atomic E-state index is 0.384. The average molecular weight is 282 g/mol. The van der Waals surface area contributed by atoms with Crippen molar-refractivity contribution in [1.29, 1.82) is 0 Å². The predicted molar refractivity (Wildman–Crippen MR) is 79.7 cm³/mol.